The molecule has 2 aromatic carbocycles. The van der Waals surface area contributed by atoms with Crippen molar-refractivity contribution < 1.29 is 19.4 Å². The number of hydrogen-bond acceptors (Lipinski definition) is 3. The molecule has 6 heteroatoms. The van der Waals surface area contributed by atoms with Crippen molar-refractivity contribution >= 4 is 30.0 Å². The lowest BCUT2D eigenvalue weighted by molar-refractivity contribution is -0.144. The zero-order chi connectivity index (χ0) is 14.5. The molecule has 0 saturated heterocycles. The predicted octanol–water partition coefficient (Wildman–Crippen LogP) is 4.41. The van der Waals surface area contributed by atoms with Crippen LogP contribution in [0.4, 0.5) is 0 Å². The lowest BCUT2D eigenvalue weighted by atomic mass is 10.3. The molecule has 112 valence electrons. The average Bonchev–Trinajstić information content (AvgIpc) is 2.42. The van der Waals surface area contributed by atoms with Crippen molar-refractivity contribution in [2.45, 2.75) is 13.0 Å². The molecule has 0 heterocycles. The number of carboxylic acid groups (broad SMARTS) is 1. The van der Waals surface area contributed by atoms with Crippen LogP contribution >= 0.6 is 24.0 Å². The minimum Gasteiger partial charge on any atom is -0.479 e. The SMILES string of the molecule is CC(Oc1ccc(Cl)cc1Oc1ccccc1)C(=O)O.Cl. The summed E-state index contributed by atoms with van der Waals surface area (Å²) < 4.78 is 11.0. The number of carboxylic acids is 1. The fourth-order valence-corrected chi connectivity index (χ4v) is 1.68. The summed E-state index contributed by atoms with van der Waals surface area (Å²) in [4.78, 5) is 10.8. The molecule has 0 aliphatic rings. The van der Waals surface area contributed by atoms with Crippen molar-refractivity contribution in [2.24, 2.45) is 0 Å². The van der Waals surface area contributed by atoms with Crippen molar-refractivity contribution in [1.82, 2.24) is 0 Å². The molecule has 0 saturated carbocycles. The Morgan fingerprint density at radius 3 is 2.43 bits per heavy atom. The van der Waals surface area contributed by atoms with Gasteiger partial charge in [-0.3, -0.25) is 0 Å². The van der Waals surface area contributed by atoms with E-state index in [9.17, 15) is 4.79 Å². The first kappa shape index (κ1) is 17.1. The monoisotopic (exact) mass is 328 g/mol. The summed E-state index contributed by atoms with van der Waals surface area (Å²) in [5.41, 5.74) is 0. The van der Waals surface area contributed by atoms with Gasteiger partial charge in [-0.2, -0.15) is 0 Å². The van der Waals surface area contributed by atoms with Gasteiger partial charge in [0.25, 0.3) is 0 Å². The Morgan fingerprint density at radius 2 is 1.81 bits per heavy atom. The van der Waals surface area contributed by atoms with Gasteiger partial charge in [-0.15, -0.1) is 12.4 Å². The summed E-state index contributed by atoms with van der Waals surface area (Å²) in [6.45, 7) is 1.45. The van der Waals surface area contributed by atoms with E-state index in [1.807, 2.05) is 18.2 Å². The third kappa shape index (κ3) is 4.85. The van der Waals surface area contributed by atoms with Crippen LogP contribution in [-0.2, 0) is 4.79 Å². The van der Waals surface area contributed by atoms with Gasteiger partial charge in [0.2, 0.25) is 0 Å². The van der Waals surface area contributed by atoms with Crippen LogP contribution in [0, 0.1) is 0 Å². The molecule has 0 aromatic heterocycles. The minimum absolute atomic E-state index is 0. The van der Waals surface area contributed by atoms with Gasteiger partial charge in [-0.05, 0) is 31.2 Å². The van der Waals surface area contributed by atoms with Gasteiger partial charge in [0.1, 0.15) is 5.75 Å². The molecule has 0 amide bonds. The lowest BCUT2D eigenvalue weighted by Crippen LogP contribution is -2.23. The van der Waals surface area contributed by atoms with Crippen molar-refractivity contribution in [3.05, 3.63) is 53.6 Å². The van der Waals surface area contributed by atoms with E-state index in [0.29, 0.717) is 22.3 Å². The number of rotatable bonds is 5. The maximum absolute atomic E-state index is 10.8. The molecule has 1 atom stereocenters. The molecule has 0 spiro atoms. The number of hydrogen-bond donors (Lipinski definition) is 1. The summed E-state index contributed by atoms with van der Waals surface area (Å²) in [6.07, 6.45) is -0.978. The van der Waals surface area contributed by atoms with Crippen LogP contribution in [0.2, 0.25) is 5.02 Å². The standard InChI is InChI=1S/C15H13ClO4.ClH/c1-10(15(17)18)19-13-8-7-11(16)9-14(13)20-12-5-3-2-4-6-12;/h2-10H,1H3,(H,17,18);1H. The van der Waals surface area contributed by atoms with Crippen molar-refractivity contribution in [2.75, 3.05) is 0 Å². The molecule has 21 heavy (non-hydrogen) atoms. The van der Waals surface area contributed by atoms with Crippen LogP contribution in [0.5, 0.6) is 17.2 Å². The largest absolute Gasteiger partial charge is 0.479 e. The Hall–Kier alpha value is -1.91. The second-order valence-corrected chi connectivity index (χ2v) is 4.54. The van der Waals surface area contributed by atoms with E-state index in [4.69, 9.17) is 26.2 Å². The van der Waals surface area contributed by atoms with Gasteiger partial charge in [0.05, 0.1) is 0 Å². The number of aliphatic carboxylic acids is 1. The molecule has 2 aromatic rings. The highest BCUT2D eigenvalue weighted by Crippen LogP contribution is 2.34. The quantitative estimate of drug-likeness (QED) is 0.883. The first-order valence-corrected chi connectivity index (χ1v) is 6.36. The third-order valence-corrected chi connectivity index (χ3v) is 2.76. The van der Waals surface area contributed by atoms with Crippen LogP contribution in [0.1, 0.15) is 6.92 Å². The molecule has 0 radical (unpaired) electrons. The highest BCUT2D eigenvalue weighted by atomic mass is 35.5. The summed E-state index contributed by atoms with van der Waals surface area (Å²) in [6, 6.07) is 13.9. The molecule has 1 N–H and O–H groups in total. The number of para-hydroxylation sites is 1. The average molecular weight is 329 g/mol. The van der Waals surface area contributed by atoms with E-state index in [0.717, 1.165) is 0 Å². The Kier molecular flexibility index (Phi) is 6.34. The molecule has 0 bridgehead atoms. The lowest BCUT2D eigenvalue weighted by Gasteiger charge is -2.15. The van der Waals surface area contributed by atoms with E-state index in [1.165, 1.54) is 6.92 Å². The zero-order valence-electron chi connectivity index (χ0n) is 11.2. The van der Waals surface area contributed by atoms with E-state index >= 15 is 0 Å². The fraction of sp³-hybridized carbons (Fsp3) is 0.133. The summed E-state index contributed by atoms with van der Waals surface area (Å²) in [5, 5.41) is 9.36. The van der Waals surface area contributed by atoms with Gasteiger partial charge in [-0.1, -0.05) is 29.8 Å². The van der Waals surface area contributed by atoms with Crippen LogP contribution in [0.3, 0.4) is 0 Å². The molecule has 0 aliphatic carbocycles. The van der Waals surface area contributed by atoms with Gasteiger partial charge in [-0.25, -0.2) is 4.79 Å². The summed E-state index contributed by atoms with van der Waals surface area (Å²) >= 11 is 5.93. The normalized spacial score (nSPS) is 11.1. The van der Waals surface area contributed by atoms with Crippen LogP contribution in [-0.4, -0.2) is 17.2 Å². The third-order valence-electron chi connectivity index (χ3n) is 2.53. The predicted molar refractivity (Wildman–Crippen MR) is 82.9 cm³/mol. The second-order valence-electron chi connectivity index (χ2n) is 4.10. The number of carbonyl (C=O) groups is 1. The maximum atomic E-state index is 10.8. The van der Waals surface area contributed by atoms with E-state index in [1.54, 1.807) is 30.3 Å². The molecular weight excluding hydrogens is 315 g/mol. The molecule has 0 fully saturated rings. The van der Waals surface area contributed by atoms with Crippen molar-refractivity contribution in [3.63, 3.8) is 0 Å². The fourth-order valence-electron chi connectivity index (χ4n) is 1.52. The highest BCUT2D eigenvalue weighted by Gasteiger charge is 2.16. The van der Waals surface area contributed by atoms with Crippen LogP contribution in [0.15, 0.2) is 48.5 Å². The van der Waals surface area contributed by atoms with Crippen LogP contribution < -0.4 is 9.47 Å². The van der Waals surface area contributed by atoms with Crippen molar-refractivity contribution in [3.8, 4) is 17.2 Å². The molecule has 1 unspecified atom stereocenters. The van der Waals surface area contributed by atoms with Gasteiger partial charge in [0.15, 0.2) is 17.6 Å². The van der Waals surface area contributed by atoms with E-state index in [-0.39, 0.29) is 12.4 Å². The minimum atomic E-state index is -1.05. The number of halogens is 2. The second kappa shape index (κ2) is 7.76. The Balaban J connectivity index is 0.00000220. The van der Waals surface area contributed by atoms with E-state index in [2.05, 4.69) is 0 Å². The molecule has 2 rings (SSSR count). The van der Waals surface area contributed by atoms with Gasteiger partial charge >= 0.3 is 5.97 Å². The van der Waals surface area contributed by atoms with Gasteiger partial charge in [0, 0.05) is 11.1 Å². The maximum Gasteiger partial charge on any atom is 0.344 e. The highest BCUT2D eigenvalue weighted by molar-refractivity contribution is 6.30. The van der Waals surface area contributed by atoms with Gasteiger partial charge < -0.3 is 14.6 Å². The molecule has 0 aliphatic heterocycles. The van der Waals surface area contributed by atoms with Crippen molar-refractivity contribution in [1.29, 1.82) is 0 Å². The Bertz CT molecular complexity index is 602. The number of benzene rings is 2. The van der Waals surface area contributed by atoms with Crippen LogP contribution in [0.25, 0.3) is 0 Å². The smallest absolute Gasteiger partial charge is 0.344 e. The van der Waals surface area contributed by atoms with E-state index < -0.39 is 12.1 Å². The zero-order valence-corrected chi connectivity index (χ0v) is 12.7. The topological polar surface area (TPSA) is 55.8 Å². The Morgan fingerprint density at radius 1 is 1.14 bits per heavy atom. The first-order valence-electron chi connectivity index (χ1n) is 5.98. The summed E-state index contributed by atoms with van der Waals surface area (Å²) in [5.74, 6) is 0.262. The first-order chi connectivity index (χ1) is 9.56. The summed E-state index contributed by atoms with van der Waals surface area (Å²) in [7, 11) is 0. The Labute approximate surface area is 133 Å². The molecule has 4 nitrogen and oxygen atoms in total. The number of ether oxygens (including phenoxy) is 2. The molecular formula is C15H14Cl2O4.